The molecule has 0 aromatic carbocycles. The molecule has 1 aliphatic rings. The molecule has 2 rings (SSSR count). The highest BCUT2D eigenvalue weighted by Gasteiger charge is 2.38. The van der Waals surface area contributed by atoms with Gasteiger partial charge < -0.3 is 15.8 Å². The molecule has 26 heavy (non-hydrogen) atoms. The molecular formula is C21H26N2O3. The zero-order valence-electron chi connectivity index (χ0n) is 15.0. The van der Waals surface area contributed by atoms with Crippen LogP contribution in [0.1, 0.15) is 49.8 Å². The lowest BCUT2D eigenvalue weighted by atomic mass is 9.75. The van der Waals surface area contributed by atoms with Crippen LogP contribution in [0.25, 0.3) is 5.57 Å². The third kappa shape index (κ3) is 4.49. The summed E-state index contributed by atoms with van der Waals surface area (Å²) in [6.45, 7) is 7.53. The molecule has 0 spiro atoms. The summed E-state index contributed by atoms with van der Waals surface area (Å²) in [5.41, 5.74) is 6.54. The number of aliphatic hydroxyl groups is 1. The average molecular weight is 354 g/mol. The molecular weight excluding hydrogens is 328 g/mol. The summed E-state index contributed by atoms with van der Waals surface area (Å²) in [5, 5.41) is 10.4. The van der Waals surface area contributed by atoms with Gasteiger partial charge in [0.05, 0.1) is 5.60 Å². The van der Waals surface area contributed by atoms with Crippen LogP contribution >= 0.6 is 0 Å². The van der Waals surface area contributed by atoms with Crippen molar-refractivity contribution in [3.63, 3.8) is 0 Å². The summed E-state index contributed by atoms with van der Waals surface area (Å²) in [6.07, 6.45) is 10.8. The molecule has 0 radical (unpaired) electrons. The van der Waals surface area contributed by atoms with E-state index in [1.54, 1.807) is 30.4 Å². The van der Waals surface area contributed by atoms with Crippen molar-refractivity contribution in [2.24, 2.45) is 5.73 Å². The van der Waals surface area contributed by atoms with E-state index in [1.165, 1.54) is 0 Å². The largest absolute Gasteiger partial charge is 0.385 e. The van der Waals surface area contributed by atoms with E-state index in [-0.39, 0.29) is 11.5 Å². The number of nitrogens with one attached hydrogen (secondary N) is 1. The molecule has 0 unspecified atom stereocenters. The van der Waals surface area contributed by atoms with Gasteiger partial charge in [0.15, 0.2) is 0 Å². The van der Waals surface area contributed by atoms with Gasteiger partial charge in [0.25, 0.3) is 5.56 Å². The van der Waals surface area contributed by atoms with Crippen LogP contribution in [-0.2, 0) is 10.4 Å². The van der Waals surface area contributed by atoms with Crippen molar-refractivity contribution in [2.75, 3.05) is 0 Å². The third-order valence-corrected chi connectivity index (χ3v) is 4.69. The van der Waals surface area contributed by atoms with Gasteiger partial charge in [-0.2, -0.15) is 0 Å². The first-order valence-electron chi connectivity index (χ1n) is 8.82. The lowest BCUT2D eigenvalue weighted by molar-refractivity contribution is -0.118. The first-order chi connectivity index (χ1) is 12.4. The number of allylic oxidation sites excluding steroid dienone is 6. The fraction of sp³-hybridized carbons (Fsp3) is 0.333. The molecule has 0 aliphatic heterocycles. The monoisotopic (exact) mass is 354 g/mol. The molecule has 0 atom stereocenters. The smallest absolute Gasteiger partial charge is 0.254 e. The molecule has 0 saturated heterocycles. The van der Waals surface area contributed by atoms with E-state index in [2.05, 4.69) is 18.1 Å². The summed E-state index contributed by atoms with van der Waals surface area (Å²) in [7, 11) is 0. The number of carbonyl (C=O) groups is 1. The molecule has 1 heterocycles. The second kappa shape index (κ2) is 8.63. The number of unbranched alkanes of at least 4 members (excludes halogenated alkanes) is 1. The van der Waals surface area contributed by atoms with Crippen molar-refractivity contribution in [3.8, 4) is 0 Å². The average Bonchev–Trinajstić information content (AvgIpc) is 2.58. The van der Waals surface area contributed by atoms with Gasteiger partial charge in [-0.05, 0) is 49.8 Å². The number of hydrogen-bond donors (Lipinski definition) is 3. The van der Waals surface area contributed by atoms with Crippen LogP contribution in [0.3, 0.4) is 0 Å². The van der Waals surface area contributed by atoms with Crippen LogP contribution in [0.2, 0.25) is 0 Å². The molecule has 0 bridgehead atoms. The molecule has 1 aromatic rings. The SMILES string of the molecule is C=C/C=C(C=C)/C(=C\CCCC(N)=O)c1ccc(C2(O)CCC2)c(=O)[nH]1. The maximum absolute atomic E-state index is 12.5. The summed E-state index contributed by atoms with van der Waals surface area (Å²) >= 11 is 0. The Hall–Kier alpha value is -2.66. The van der Waals surface area contributed by atoms with Crippen molar-refractivity contribution in [1.82, 2.24) is 4.98 Å². The van der Waals surface area contributed by atoms with E-state index in [9.17, 15) is 14.7 Å². The van der Waals surface area contributed by atoms with Crippen LogP contribution in [-0.4, -0.2) is 16.0 Å². The number of pyridine rings is 1. The topological polar surface area (TPSA) is 96.2 Å². The van der Waals surface area contributed by atoms with E-state index >= 15 is 0 Å². The van der Waals surface area contributed by atoms with Crippen molar-refractivity contribution < 1.29 is 9.90 Å². The third-order valence-electron chi connectivity index (χ3n) is 4.69. The number of nitrogens with two attached hydrogens (primary N) is 1. The fourth-order valence-electron chi connectivity index (χ4n) is 3.08. The number of aromatic nitrogens is 1. The molecule has 5 nitrogen and oxygen atoms in total. The summed E-state index contributed by atoms with van der Waals surface area (Å²) in [6, 6.07) is 3.49. The van der Waals surface area contributed by atoms with Crippen LogP contribution in [0.15, 0.2) is 60.0 Å². The van der Waals surface area contributed by atoms with Gasteiger partial charge in [0.2, 0.25) is 5.91 Å². The fourth-order valence-corrected chi connectivity index (χ4v) is 3.08. The Bertz CT molecular complexity index is 811. The highest BCUT2D eigenvalue weighted by atomic mass is 16.3. The number of primary amides is 1. The Morgan fingerprint density at radius 3 is 2.58 bits per heavy atom. The number of H-pyrrole nitrogens is 1. The second-order valence-electron chi connectivity index (χ2n) is 6.54. The van der Waals surface area contributed by atoms with E-state index in [4.69, 9.17) is 5.73 Å². The van der Waals surface area contributed by atoms with Crippen LogP contribution in [0.4, 0.5) is 0 Å². The molecule has 1 saturated carbocycles. The first kappa shape index (κ1) is 19.7. The molecule has 1 aliphatic carbocycles. The highest BCUT2D eigenvalue weighted by molar-refractivity contribution is 5.80. The quantitative estimate of drug-likeness (QED) is 0.470. The van der Waals surface area contributed by atoms with Crippen molar-refractivity contribution in [2.45, 2.75) is 44.1 Å². The minimum atomic E-state index is -1.00. The zero-order valence-corrected chi connectivity index (χ0v) is 15.0. The Morgan fingerprint density at radius 1 is 1.35 bits per heavy atom. The number of rotatable bonds is 9. The molecule has 1 fully saturated rings. The van der Waals surface area contributed by atoms with Gasteiger partial charge in [-0.1, -0.05) is 37.5 Å². The van der Waals surface area contributed by atoms with Gasteiger partial charge >= 0.3 is 0 Å². The first-order valence-corrected chi connectivity index (χ1v) is 8.82. The van der Waals surface area contributed by atoms with Gasteiger partial charge in [-0.3, -0.25) is 9.59 Å². The minimum absolute atomic E-state index is 0.283. The second-order valence-corrected chi connectivity index (χ2v) is 6.54. The normalized spacial score (nSPS) is 16.7. The van der Waals surface area contributed by atoms with Gasteiger partial charge in [-0.15, -0.1) is 0 Å². The van der Waals surface area contributed by atoms with E-state index in [0.717, 1.165) is 17.6 Å². The van der Waals surface area contributed by atoms with Crippen LogP contribution < -0.4 is 11.3 Å². The lowest BCUT2D eigenvalue weighted by Crippen LogP contribution is -2.39. The summed E-state index contributed by atoms with van der Waals surface area (Å²) in [4.78, 5) is 26.3. The predicted octanol–water partition coefficient (Wildman–Crippen LogP) is 3.08. The molecule has 4 N–H and O–H groups in total. The molecule has 138 valence electrons. The number of carbonyl (C=O) groups excluding carboxylic acids is 1. The minimum Gasteiger partial charge on any atom is -0.385 e. The molecule has 1 aromatic heterocycles. The van der Waals surface area contributed by atoms with Gasteiger partial charge in [-0.25, -0.2) is 0 Å². The van der Waals surface area contributed by atoms with E-state index < -0.39 is 5.60 Å². The van der Waals surface area contributed by atoms with Crippen molar-refractivity contribution >= 4 is 11.5 Å². The lowest BCUT2D eigenvalue weighted by Gasteiger charge is -2.36. The number of hydrogen-bond acceptors (Lipinski definition) is 3. The maximum atomic E-state index is 12.5. The standard InChI is InChI=1S/C21H26N2O3/c1-3-8-15(4-2)16(9-5-6-10-19(22)24)18-12-11-17(20(25)23-18)21(26)13-7-14-21/h3-4,8-9,11-12,26H,1-2,5-7,10,13-14H2,(H2,22,24)(H,23,25)/b15-8+,16-9+. The van der Waals surface area contributed by atoms with E-state index in [1.807, 2.05) is 6.08 Å². The molecule has 1 amide bonds. The predicted molar refractivity (Wildman–Crippen MR) is 104 cm³/mol. The Kier molecular flexibility index (Phi) is 6.52. The van der Waals surface area contributed by atoms with Crippen molar-refractivity contribution in [3.05, 3.63) is 76.8 Å². The summed E-state index contributed by atoms with van der Waals surface area (Å²) < 4.78 is 0. The van der Waals surface area contributed by atoms with Crippen LogP contribution in [0, 0.1) is 0 Å². The Morgan fingerprint density at radius 2 is 2.08 bits per heavy atom. The van der Waals surface area contributed by atoms with Crippen molar-refractivity contribution in [1.29, 1.82) is 0 Å². The van der Waals surface area contributed by atoms with E-state index in [0.29, 0.717) is 43.4 Å². The number of amides is 1. The van der Waals surface area contributed by atoms with Gasteiger partial charge in [0, 0.05) is 23.3 Å². The number of aromatic amines is 1. The van der Waals surface area contributed by atoms with Gasteiger partial charge in [0.1, 0.15) is 0 Å². The molecule has 5 heteroatoms. The summed E-state index contributed by atoms with van der Waals surface area (Å²) in [5.74, 6) is -0.336. The van der Waals surface area contributed by atoms with Crippen LogP contribution in [0.5, 0.6) is 0 Å². The Balaban J connectivity index is 2.36. The maximum Gasteiger partial charge on any atom is 0.254 e. The zero-order chi connectivity index (χ0) is 19.2. The highest BCUT2D eigenvalue weighted by Crippen LogP contribution is 2.39. The Labute approximate surface area is 153 Å².